The highest BCUT2D eigenvalue weighted by atomic mass is 35.5. The van der Waals surface area contributed by atoms with Gasteiger partial charge in [-0.3, -0.25) is 29.4 Å². The fourth-order valence-corrected chi connectivity index (χ4v) is 4.61. The molecule has 1 aliphatic heterocycles. The number of nitrogens with one attached hydrogen (secondary N) is 1. The molecule has 1 heterocycles. The molecular formula is C22H17Cl4N3O8. The number of nitro benzene ring substituents is 1. The lowest BCUT2D eigenvalue weighted by molar-refractivity contribution is -0.384. The summed E-state index contributed by atoms with van der Waals surface area (Å²) in [6.45, 7) is 2.21. The largest absolute Gasteiger partial charge is 0.496 e. The molecule has 0 aromatic heterocycles. The number of carbonyl (C=O) groups excluding carboxylic acids is 4. The van der Waals surface area contributed by atoms with Crippen LogP contribution in [-0.4, -0.2) is 53.3 Å². The Kier molecular flexibility index (Phi) is 8.53. The second-order valence-corrected chi connectivity index (χ2v) is 9.48. The van der Waals surface area contributed by atoms with Crippen LogP contribution in [0.3, 0.4) is 0 Å². The third kappa shape index (κ3) is 5.30. The van der Waals surface area contributed by atoms with Crippen LogP contribution in [0.5, 0.6) is 5.75 Å². The number of hydrogen-bond donors (Lipinski definition) is 1. The van der Waals surface area contributed by atoms with E-state index in [1.54, 1.807) is 13.8 Å². The summed E-state index contributed by atoms with van der Waals surface area (Å²) >= 11 is 24.3. The molecule has 1 N–H and O–H groups in total. The lowest BCUT2D eigenvalue weighted by Crippen LogP contribution is -2.49. The minimum absolute atomic E-state index is 0.161. The lowest BCUT2D eigenvalue weighted by atomic mass is 10.0. The Morgan fingerprint density at radius 1 is 1.03 bits per heavy atom. The molecule has 0 aliphatic carbocycles. The van der Waals surface area contributed by atoms with Crippen molar-refractivity contribution in [3.63, 3.8) is 0 Å². The van der Waals surface area contributed by atoms with E-state index >= 15 is 0 Å². The van der Waals surface area contributed by atoms with Gasteiger partial charge in [0.2, 0.25) is 0 Å². The van der Waals surface area contributed by atoms with Crippen molar-refractivity contribution in [3.05, 3.63) is 59.5 Å². The molecule has 0 bridgehead atoms. The van der Waals surface area contributed by atoms with E-state index in [1.165, 1.54) is 19.2 Å². The minimum Gasteiger partial charge on any atom is -0.496 e. The lowest BCUT2D eigenvalue weighted by Gasteiger charge is -2.27. The molecular weight excluding hydrogens is 576 g/mol. The second-order valence-electron chi connectivity index (χ2n) is 7.97. The molecule has 1 atom stereocenters. The zero-order valence-corrected chi connectivity index (χ0v) is 22.3. The first-order valence-electron chi connectivity index (χ1n) is 10.3. The molecule has 3 amide bonds. The van der Waals surface area contributed by atoms with E-state index in [0.29, 0.717) is 4.90 Å². The average Bonchev–Trinajstić information content (AvgIpc) is 3.10. The predicted molar refractivity (Wildman–Crippen MR) is 135 cm³/mol. The number of rotatable bonds is 8. The molecule has 3 rings (SSSR count). The van der Waals surface area contributed by atoms with Crippen LogP contribution in [-0.2, 0) is 14.3 Å². The van der Waals surface area contributed by atoms with E-state index in [-0.39, 0.29) is 42.7 Å². The van der Waals surface area contributed by atoms with E-state index in [0.717, 1.165) is 6.07 Å². The van der Waals surface area contributed by atoms with Crippen molar-refractivity contribution in [3.8, 4) is 5.75 Å². The highest BCUT2D eigenvalue weighted by molar-refractivity contribution is 6.55. The molecule has 1 aliphatic rings. The monoisotopic (exact) mass is 591 g/mol. The summed E-state index contributed by atoms with van der Waals surface area (Å²) in [4.78, 5) is 62.8. The Labute approximate surface area is 229 Å². The van der Waals surface area contributed by atoms with Gasteiger partial charge < -0.3 is 14.8 Å². The summed E-state index contributed by atoms with van der Waals surface area (Å²) in [7, 11) is 1.32. The second kappa shape index (κ2) is 11.1. The highest BCUT2D eigenvalue weighted by Gasteiger charge is 2.48. The van der Waals surface area contributed by atoms with Crippen LogP contribution in [0, 0.1) is 16.0 Å². The predicted octanol–water partition coefficient (Wildman–Crippen LogP) is 5.02. The van der Waals surface area contributed by atoms with E-state index in [4.69, 9.17) is 55.9 Å². The molecule has 0 spiro atoms. The molecule has 2 aromatic carbocycles. The summed E-state index contributed by atoms with van der Waals surface area (Å²) in [6.07, 6.45) is 0. The fourth-order valence-electron chi connectivity index (χ4n) is 3.60. The maximum atomic E-state index is 13.1. The van der Waals surface area contributed by atoms with Gasteiger partial charge in [-0.05, 0) is 18.1 Å². The molecule has 15 heteroatoms. The first-order chi connectivity index (χ1) is 17.3. The van der Waals surface area contributed by atoms with Gasteiger partial charge in [0.05, 0.1) is 49.3 Å². The Bertz CT molecular complexity index is 1300. The van der Waals surface area contributed by atoms with Gasteiger partial charge in [-0.2, -0.15) is 0 Å². The molecule has 37 heavy (non-hydrogen) atoms. The van der Waals surface area contributed by atoms with Crippen molar-refractivity contribution in [1.29, 1.82) is 0 Å². The highest BCUT2D eigenvalue weighted by Crippen LogP contribution is 2.45. The number of hydrogen-bond acceptors (Lipinski definition) is 8. The number of amides is 3. The number of anilines is 1. The van der Waals surface area contributed by atoms with E-state index in [1.807, 2.05) is 0 Å². The van der Waals surface area contributed by atoms with Crippen LogP contribution in [0.15, 0.2) is 18.2 Å². The van der Waals surface area contributed by atoms with Crippen LogP contribution in [0.4, 0.5) is 11.4 Å². The number of esters is 1. The summed E-state index contributed by atoms with van der Waals surface area (Å²) in [6, 6.07) is 2.27. The number of imide groups is 1. The Balaban J connectivity index is 1.80. The number of carbonyl (C=O) groups is 4. The van der Waals surface area contributed by atoms with E-state index in [2.05, 4.69) is 5.32 Å². The number of fused-ring (bicyclic) bond motifs is 1. The minimum atomic E-state index is -1.47. The van der Waals surface area contributed by atoms with E-state index in [9.17, 15) is 29.3 Å². The molecule has 0 fully saturated rings. The maximum Gasteiger partial charge on any atom is 0.330 e. The SMILES string of the molecule is COc1ccc(NC(=O)COC(=O)[C@H](C(C)C)N2C(=O)c3c(Cl)c(Cl)c(Cl)c(Cl)c3C2=O)c([N+](=O)[O-])c1. The van der Waals surface area contributed by atoms with Crippen molar-refractivity contribution in [2.24, 2.45) is 5.92 Å². The topological polar surface area (TPSA) is 145 Å². The summed E-state index contributed by atoms with van der Waals surface area (Å²) in [5.41, 5.74) is -1.23. The standard InChI is InChI=1S/C22H17Cl4N3O8/c1-8(2)19(28-20(31)13-14(21(28)32)16(24)18(26)17(25)15(13)23)22(33)37-7-12(30)27-10-5-4-9(36-3)6-11(10)29(34)35/h4-6,8,19H,7H2,1-3H3,(H,27,30)/t19-/m0/s1. The number of nitro groups is 1. The molecule has 196 valence electrons. The average molecular weight is 593 g/mol. The smallest absolute Gasteiger partial charge is 0.330 e. The first kappa shape index (κ1) is 28.5. The summed E-state index contributed by atoms with van der Waals surface area (Å²) < 4.78 is 9.98. The third-order valence-corrected chi connectivity index (χ3v) is 7.11. The van der Waals surface area contributed by atoms with Gasteiger partial charge in [0, 0.05) is 0 Å². The van der Waals surface area contributed by atoms with Crippen LogP contribution in [0.25, 0.3) is 0 Å². The van der Waals surface area contributed by atoms with Crippen molar-refractivity contribution in [2.75, 3.05) is 19.0 Å². The van der Waals surface area contributed by atoms with Crippen molar-refractivity contribution >= 4 is 81.5 Å². The van der Waals surface area contributed by atoms with Gasteiger partial charge in [-0.25, -0.2) is 4.79 Å². The third-order valence-electron chi connectivity index (χ3n) is 5.30. The van der Waals surface area contributed by atoms with Crippen LogP contribution < -0.4 is 10.1 Å². The number of ether oxygens (including phenoxy) is 2. The Hall–Kier alpha value is -3.12. The number of methoxy groups -OCH3 is 1. The quantitative estimate of drug-likeness (QED) is 0.112. The Morgan fingerprint density at radius 3 is 2.03 bits per heavy atom. The van der Waals surface area contributed by atoms with Gasteiger partial charge in [0.15, 0.2) is 6.61 Å². The summed E-state index contributed by atoms with van der Waals surface area (Å²) in [5.74, 6) is -4.35. The van der Waals surface area contributed by atoms with Crippen molar-refractivity contribution < 1.29 is 33.6 Å². The normalized spacial score (nSPS) is 13.5. The van der Waals surface area contributed by atoms with Gasteiger partial charge in [-0.15, -0.1) is 0 Å². The van der Waals surface area contributed by atoms with Crippen molar-refractivity contribution in [2.45, 2.75) is 19.9 Å². The van der Waals surface area contributed by atoms with E-state index < -0.39 is 52.9 Å². The van der Waals surface area contributed by atoms with Crippen LogP contribution in [0.2, 0.25) is 20.1 Å². The molecule has 2 aromatic rings. The van der Waals surface area contributed by atoms with Gasteiger partial charge >= 0.3 is 5.97 Å². The van der Waals surface area contributed by atoms with Gasteiger partial charge in [0.25, 0.3) is 23.4 Å². The zero-order valence-electron chi connectivity index (χ0n) is 19.3. The maximum absolute atomic E-state index is 13.1. The van der Waals surface area contributed by atoms with Crippen LogP contribution >= 0.6 is 46.4 Å². The fraction of sp³-hybridized carbons (Fsp3) is 0.273. The summed E-state index contributed by atoms with van der Waals surface area (Å²) in [5, 5.41) is 12.5. The molecule has 11 nitrogen and oxygen atoms in total. The van der Waals surface area contributed by atoms with Gasteiger partial charge in [0.1, 0.15) is 17.5 Å². The van der Waals surface area contributed by atoms with Crippen LogP contribution in [0.1, 0.15) is 34.6 Å². The molecule has 0 unspecified atom stereocenters. The molecule has 0 radical (unpaired) electrons. The van der Waals surface area contributed by atoms with Gasteiger partial charge in [-0.1, -0.05) is 60.3 Å². The molecule has 0 saturated heterocycles. The number of benzene rings is 2. The van der Waals surface area contributed by atoms with Crippen molar-refractivity contribution in [1.82, 2.24) is 4.90 Å². The molecule has 0 saturated carbocycles. The number of nitrogens with zero attached hydrogens (tertiary/aromatic N) is 2. The first-order valence-corrected chi connectivity index (χ1v) is 11.9. The zero-order chi connectivity index (χ0) is 27.8. The Morgan fingerprint density at radius 2 is 1.57 bits per heavy atom. The number of halogens is 4.